The minimum absolute atomic E-state index is 0.0466. The summed E-state index contributed by atoms with van der Waals surface area (Å²) in [6.07, 6.45) is 0. The molecule has 16 heavy (non-hydrogen) atoms. The molecule has 1 aromatic carbocycles. The fraction of sp³-hybridized carbons (Fsp3) is 0.417. The number of aryl methyl sites for hydroxylation is 1. The number of para-hydroxylation sites is 1. The number of nitrogens with one attached hydrogen (secondary N) is 1. The molecule has 0 fully saturated rings. The van der Waals surface area contributed by atoms with Gasteiger partial charge in [0.1, 0.15) is 5.75 Å². The molecule has 0 saturated heterocycles. The van der Waals surface area contributed by atoms with Crippen LogP contribution < -0.4 is 5.32 Å². The molecule has 0 aromatic heterocycles. The van der Waals surface area contributed by atoms with Crippen LogP contribution in [0.1, 0.15) is 29.8 Å². The number of amides is 1. The molecule has 0 heterocycles. The SMILES string of the molecule is Cc1cccc(C(=O)NC(C)(C)CBr)c1O. The molecule has 88 valence electrons. The molecule has 4 heteroatoms. The Morgan fingerprint density at radius 1 is 1.50 bits per heavy atom. The summed E-state index contributed by atoms with van der Waals surface area (Å²) >= 11 is 3.33. The number of hydrogen-bond acceptors (Lipinski definition) is 2. The molecule has 1 rings (SSSR count). The third kappa shape index (κ3) is 2.98. The van der Waals surface area contributed by atoms with Gasteiger partial charge < -0.3 is 10.4 Å². The van der Waals surface area contributed by atoms with Gasteiger partial charge in [-0.2, -0.15) is 0 Å². The van der Waals surface area contributed by atoms with Crippen LogP contribution in [0.15, 0.2) is 18.2 Å². The van der Waals surface area contributed by atoms with Gasteiger partial charge in [-0.15, -0.1) is 0 Å². The lowest BCUT2D eigenvalue weighted by Crippen LogP contribution is -2.44. The summed E-state index contributed by atoms with van der Waals surface area (Å²) in [7, 11) is 0. The van der Waals surface area contributed by atoms with Crippen LogP contribution >= 0.6 is 15.9 Å². The van der Waals surface area contributed by atoms with E-state index in [0.717, 1.165) is 0 Å². The van der Waals surface area contributed by atoms with E-state index in [1.54, 1.807) is 25.1 Å². The van der Waals surface area contributed by atoms with E-state index in [9.17, 15) is 9.90 Å². The van der Waals surface area contributed by atoms with Crippen molar-refractivity contribution in [3.63, 3.8) is 0 Å². The maximum absolute atomic E-state index is 11.9. The van der Waals surface area contributed by atoms with Gasteiger partial charge in [0, 0.05) is 10.9 Å². The molecule has 3 nitrogen and oxygen atoms in total. The molecular weight excluding hydrogens is 270 g/mol. The molecule has 1 amide bonds. The summed E-state index contributed by atoms with van der Waals surface area (Å²) in [4.78, 5) is 11.9. The van der Waals surface area contributed by atoms with E-state index in [0.29, 0.717) is 16.5 Å². The minimum Gasteiger partial charge on any atom is -0.507 e. The van der Waals surface area contributed by atoms with Crippen LogP contribution in [0.5, 0.6) is 5.75 Å². The van der Waals surface area contributed by atoms with Crippen molar-refractivity contribution in [2.75, 3.05) is 5.33 Å². The highest BCUT2D eigenvalue weighted by Gasteiger charge is 2.21. The number of carbonyl (C=O) groups excluding carboxylic acids is 1. The molecule has 0 saturated carbocycles. The summed E-state index contributed by atoms with van der Waals surface area (Å²) in [5, 5.41) is 13.3. The van der Waals surface area contributed by atoms with Crippen LogP contribution in [0.25, 0.3) is 0 Å². The summed E-state index contributed by atoms with van der Waals surface area (Å²) < 4.78 is 0. The normalized spacial score (nSPS) is 11.2. The van der Waals surface area contributed by atoms with Gasteiger partial charge in [0.25, 0.3) is 5.91 Å². The van der Waals surface area contributed by atoms with Crippen molar-refractivity contribution in [1.29, 1.82) is 0 Å². The molecule has 0 radical (unpaired) electrons. The van der Waals surface area contributed by atoms with Gasteiger partial charge >= 0.3 is 0 Å². The van der Waals surface area contributed by atoms with Crippen molar-refractivity contribution >= 4 is 21.8 Å². The topological polar surface area (TPSA) is 49.3 Å². The number of phenolic OH excluding ortho intramolecular Hbond substituents is 1. The quantitative estimate of drug-likeness (QED) is 0.839. The van der Waals surface area contributed by atoms with Crippen molar-refractivity contribution in [1.82, 2.24) is 5.32 Å². The number of rotatable bonds is 3. The van der Waals surface area contributed by atoms with E-state index in [2.05, 4.69) is 21.2 Å². The van der Waals surface area contributed by atoms with Crippen molar-refractivity contribution in [3.05, 3.63) is 29.3 Å². The van der Waals surface area contributed by atoms with Crippen LogP contribution in [0.4, 0.5) is 0 Å². The second kappa shape index (κ2) is 4.87. The van der Waals surface area contributed by atoms with E-state index in [4.69, 9.17) is 0 Å². The van der Waals surface area contributed by atoms with Gasteiger partial charge in [-0.1, -0.05) is 28.1 Å². The number of hydrogen-bond donors (Lipinski definition) is 2. The van der Waals surface area contributed by atoms with E-state index < -0.39 is 0 Å². The Morgan fingerprint density at radius 2 is 2.12 bits per heavy atom. The number of halogens is 1. The Labute approximate surface area is 104 Å². The predicted molar refractivity (Wildman–Crippen MR) is 68.2 cm³/mol. The van der Waals surface area contributed by atoms with Crippen LogP contribution in [0.3, 0.4) is 0 Å². The Hall–Kier alpha value is -1.03. The second-order valence-corrected chi connectivity index (χ2v) is 5.00. The standard InChI is InChI=1S/C12H16BrNO2/c1-8-5-4-6-9(10(8)15)11(16)14-12(2,3)7-13/h4-6,15H,7H2,1-3H3,(H,14,16). The van der Waals surface area contributed by atoms with E-state index in [1.807, 2.05) is 13.8 Å². The van der Waals surface area contributed by atoms with Gasteiger partial charge in [-0.05, 0) is 32.4 Å². The fourth-order valence-corrected chi connectivity index (χ4v) is 1.39. The first-order valence-electron chi connectivity index (χ1n) is 5.04. The first-order chi connectivity index (χ1) is 7.37. The van der Waals surface area contributed by atoms with Gasteiger partial charge in [-0.3, -0.25) is 4.79 Å². The van der Waals surface area contributed by atoms with E-state index in [1.165, 1.54) is 0 Å². The highest BCUT2D eigenvalue weighted by molar-refractivity contribution is 9.09. The van der Waals surface area contributed by atoms with Crippen LogP contribution in [-0.2, 0) is 0 Å². The van der Waals surface area contributed by atoms with Crippen molar-refractivity contribution < 1.29 is 9.90 Å². The molecule has 0 aliphatic rings. The molecule has 0 unspecified atom stereocenters. The first kappa shape index (κ1) is 13.0. The van der Waals surface area contributed by atoms with Gasteiger partial charge in [0.2, 0.25) is 0 Å². The lowest BCUT2D eigenvalue weighted by Gasteiger charge is -2.23. The lowest BCUT2D eigenvalue weighted by atomic mass is 10.1. The summed E-state index contributed by atoms with van der Waals surface area (Å²) in [5.41, 5.74) is 0.672. The molecule has 0 bridgehead atoms. The van der Waals surface area contributed by atoms with Crippen molar-refractivity contribution in [2.24, 2.45) is 0 Å². The van der Waals surface area contributed by atoms with Gasteiger partial charge in [0.05, 0.1) is 5.56 Å². The zero-order valence-electron chi connectivity index (χ0n) is 9.67. The van der Waals surface area contributed by atoms with Crippen molar-refractivity contribution in [2.45, 2.75) is 26.3 Å². The Bertz CT molecular complexity index is 402. The number of carbonyl (C=O) groups is 1. The Kier molecular flexibility index (Phi) is 3.97. The maximum atomic E-state index is 11.9. The first-order valence-corrected chi connectivity index (χ1v) is 6.16. The average molecular weight is 286 g/mol. The van der Waals surface area contributed by atoms with E-state index >= 15 is 0 Å². The molecule has 0 aliphatic heterocycles. The summed E-state index contributed by atoms with van der Waals surface area (Å²) in [6.45, 7) is 5.58. The summed E-state index contributed by atoms with van der Waals surface area (Å²) in [6, 6.07) is 5.13. The zero-order chi connectivity index (χ0) is 12.3. The number of alkyl halides is 1. The van der Waals surface area contributed by atoms with E-state index in [-0.39, 0.29) is 17.2 Å². The largest absolute Gasteiger partial charge is 0.507 e. The zero-order valence-corrected chi connectivity index (χ0v) is 11.3. The third-order valence-corrected chi connectivity index (χ3v) is 3.67. The monoisotopic (exact) mass is 285 g/mol. The molecular formula is C12H16BrNO2. The van der Waals surface area contributed by atoms with Gasteiger partial charge in [0.15, 0.2) is 0 Å². The smallest absolute Gasteiger partial charge is 0.255 e. The molecule has 1 aromatic rings. The molecule has 2 N–H and O–H groups in total. The van der Waals surface area contributed by atoms with Crippen LogP contribution in [0.2, 0.25) is 0 Å². The number of phenols is 1. The van der Waals surface area contributed by atoms with Crippen LogP contribution in [-0.4, -0.2) is 21.9 Å². The average Bonchev–Trinajstić information content (AvgIpc) is 2.21. The lowest BCUT2D eigenvalue weighted by molar-refractivity contribution is 0.0918. The van der Waals surface area contributed by atoms with Gasteiger partial charge in [-0.25, -0.2) is 0 Å². The number of aromatic hydroxyl groups is 1. The molecule has 0 aliphatic carbocycles. The van der Waals surface area contributed by atoms with Crippen LogP contribution in [0, 0.1) is 6.92 Å². The number of benzene rings is 1. The Morgan fingerprint density at radius 3 is 2.69 bits per heavy atom. The molecule has 0 atom stereocenters. The predicted octanol–water partition coefficient (Wildman–Crippen LogP) is 2.60. The third-order valence-electron chi connectivity index (χ3n) is 2.27. The summed E-state index contributed by atoms with van der Waals surface area (Å²) in [5.74, 6) is -0.212. The highest BCUT2D eigenvalue weighted by atomic mass is 79.9. The van der Waals surface area contributed by atoms with Crippen molar-refractivity contribution in [3.8, 4) is 5.75 Å². The second-order valence-electron chi connectivity index (χ2n) is 4.44. The highest BCUT2D eigenvalue weighted by Crippen LogP contribution is 2.22. The fourth-order valence-electron chi connectivity index (χ4n) is 1.25. The maximum Gasteiger partial charge on any atom is 0.255 e. The Balaban J connectivity index is 2.94. The molecule has 0 spiro atoms. The minimum atomic E-state index is -0.340.